The van der Waals surface area contributed by atoms with Gasteiger partial charge in [-0.15, -0.1) is 0 Å². The molecule has 1 N–H and O–H groups in total. The Morgan fingerprint density at radius 2 is 2.12 bits per heavy atom. The highest BCUT2D eigenvalue weighted by Crippen LogP contribution is 2.32. The number of amides is 1. The second kappa shape index (κ2) is 7.65. The van der Waals surface area contributed by atoms with Crippen molar-refractivity contribution in [2.24, 2.45) is 5.92 Å². The maximum Gasteiger partial charge on any atom is 0.231 e. The Labute approximate surface area is 150 Å². The van der Waals surface area contributed by atoms with Gasteiger partial charge in [-0.3, -0.25) is 9.69 Å². The smallest absolute Gasteiger partial charge is 0.231 e. The summed E-state index contributed by atoms with van der Waals surface area (Å²) >= 11 is 0. The number of ether oxygens (including phenoxy) is 2. The number of fused-ring (bicyclic) bond motifs is 1. The summed E-state index contributed by atoms with van der Waals surface area (Å²) in [4.78, 5) is 14.8. The van der Waals surface area contributed by atoms with Gasteiger partial charge in [0.1, 0.15) is 0 Å². The Morgan fingerprint density at radius 1 is 1.32 bits per heavy atom. The standard InChI is InChI=1S/C20H30N2O3/c1-15-5-4-10-22(12-15)20(2,3)13-21-19(23)9-7-16-6-8-17-18(11-16)25-14-24-17/h6,8,11,15H,4-5,7,9-10,12-14H2,1-3H3,(H,21,23). The zero-order valence-electron chi connectivity index (χ0n) is 15.6. The third kappa shape index (κ3) is 4.66. The normalized spacial score (nSPS) is 20.5. The lowest BCUT2D eigenvalue weighted by Crippen LogP contribution is -2.54. The molecule has 138 valence electrons. The maximum absolute atomic E-state index is 12.3. The Morgan fingerprint density at radius 3 is 2.92 bits per heavy atom. The van der Waals surface area contributed by atoms with Crippen molar-refractivity contribution in [3.05, 3.63) is 23.8 Å². The summed E-state index contributed by atoms with van der Waals surface area (Å²) in [7, 11) is 0. The van der Waals surface area contributed by atoms with Crippen LogP contribution in [0.2, 0.25) is 0 Å². The van der Waals surface area contributed by atoms with Gasteiger partial charge in [-0.25, -0.2) is 0 Å². The highest BCUT2D eigenvalue weighted by atomic mass is 16.7. The van der Waals surface area contributed by atoms with E-state index in [0.29, 0.717) is 19.4 Å². The Balaban J connectivity index is 1.44. The fourth-order valence-electron chi connectivity index (χ4n) is 3.61. The summed E-state index contributed by atoms with van der Waals surface area (Å²) in [5, 5.41) is 3.12. The molecule has 1 aromatic rings. The van der Waals surface area contributed by atoms with Crippen LogP contribution >= 0.6 is 0 Å². The van der Waals surface area contributed by atoms with Crippen molar-refractivity contribution in [2.75, 3.05) is 26.4 Å². The van der Waals surface area contributed by atoms with Crippen molar-refractivity contribution in [2.45, 2.75) is 52.0 Å². The number of nitrogens with one attached hydrogen (secondary N) is 1. The number of hydrogen-bond donors (Lipinski definition) is 1. The van der Waals surface area contributed by atoms with Crippen LogP contribution in [0.3, 0.4) is 0 Å². The molecule has 0 bridgehead atoms. The molecular weight excluding hydrogens is 316 g/mol. The van der Waals surface area contributed by atoms with Crippen molar-refractivity contribution >= 4 is 5.91 Å². The summed E-state index contributed by atoms with van der Waals surface area (Å²) < 4.78 is 10.7. The number of benzene rings is 1. The lowest BCUT2D eigenvalue weighted by atomic mass is 9.93. The topological polar surface area (TPSA) is 50.8 Å². The van der Waals surface area contributed by atoms with E-state index in [1.807, 2.05) is 18.2 Å². The highest BCUT2D eigenvalue weighted by molar-refractivity contribution is 5.76. The molecule has 5 heteroatoms. The number of carbonyl (C=O) groups is 1. The number of carbonyl (C=O) groups excluding carboxylic acids is 1. The summed E-state index contributed by atoms with van der Waals surface area (Å²) in [6.07, 6.45) is 3.77. The summed E-state index contributed by atoms with van der Waals surface area (Å²) in [5.41, 5.74) is 1.10. The van der Waals surface area contributed by atoms with Gasteiger partial charge in [0.05, 0.1) is 0 Å². The first-order chi connectivity index (χ1) is 11.9. The second-order valence-electron chi connectivity index (χ2n) is 7.97. The molecule has 0 spiro atoms. The quantitative estimate of drug-likeness (QED) is 0.860. The maximum atomic E-state index is 12.3. The van der Waals surface area contributed by atoms with Crippen molar-refractivity contribution in [1.29, 1.82) is 0 Å². The predicted molar refractivity (Wildman–Crippen MR) is 97.9 cm³/mol. The summed E-state index contributed by atoms with van der Waals surface area (Å²) in [6, 6.07) is 5.88. The van der Waals surface area contributed by atoms with Gasteiger partial charge in [-0.05, 0) is 63.3 Å². The largest absolute Gasteiger partial charge is 0.454 e. The van der Waals surface area contributed by atoms with Crippen LogP contribution in [0.15, 0.2) is 18.2 Å². The lowest BCUT2D eigenvalue weighted by Gasteiger charge is -2.43. The van der Waals surface area contributed by atoms with Gasteiger partial charge in [-0.2, -0.15) is 0 Å². The molecule has 2 heterocycles. The monoisotopic (exact) mass is 346 g/mol. The molecule has 2 aliphatic heterocycles. The van der Waals surface area contributed by atoms with Gasteiger partial charge in [0.2, 0.25) is 12.7 Å². The predicted octanol–water partition coefficient (Wildman–Crippen LogP) is 2.97. The summed E-state index contributed by atoms with van der Waals surface area (Å²) in [5.74, 6) is 2.41. The molecule has 1 atom stereocenters. The Bertz CT molecular complexity index is 615. The minimum absolute atomic E-state index is 0.00306. The first-order valence-electron chi connectivity index (χ1n) is 9.34. The van der Waals surface area contributed by atoms with Crippen molar-refractivity contribution in [1.82, 2.24) is 10.2 Å². The zero-order chi connectivity index (χ0) is 17.9. The number of aryl methyl sites for hydroxylation is 1. The molecule has 1 fully saturated rings. The van der Waals surface area contributed by atoms with Gasteiger partial charge in [-0.1, -0.05) is 13.0 Å². The molecular formula is C20H30N2O3. The van der Waals surface area contributed by atoms with E-state index in [1.165, 1.54) is 12.8 Å². The third-order valence-corrected chi connectivity index (χ3v) is 5.31. The van der Waals surface area contributed by atoms with Gasteiger partial charge < -0.3 is 14.8 Å². The number of nitrogens with zero attached hydrogens (tertiary/aromatic N) is 1. The zero-order valence-corrected chi connectivity index (χ0v) is 15.6. The fraction of sp³-hybridized carbons (Fsp3) is 0.650. The van der Waals surface area contributed by atoms with Gasteiger partial charge in [0, 0.05) is 25.0 Å². The van der Waals surface area contributed by atoms with Crippen LogP contribution in [0.25, 0.3) is 0 Å². The second-order valence-corrected chi connectivity index (χ2v) is 7.97. The van der Waals surface area contributed by atoms with E-state index < -0.39 is 0 Å². The minimum atomic E-state index is 0.00306. The molecule has 0 saturated carbocycles. The van der Waals surface area contributed by atoms with Crippen molar-refractivity contribution in [3.63, 3.8) is 0 Å². The van der Waals surface area contributed by atoms with E-state index >= 15 is 0 Å². The molecule has 0 aliphatic carbocycles. The molecule has 25 heavy (non-hydrogen) atoms. The van der Waals surface area contributed by atoms with E-state index in [9.17, 15) is 4.79 Å². The van der Waals surface area contributed by atoms with E-state index in [-0.39, 0.29) is 18.2 Å². The van der Waals surface area contributed by atoms with Gasteiger partial charge in [0.15, 0.2) is 11.5 Å². The van der Waals surface area contributed by atoms with Crippen LogP contribution in [-0.4, -0.2) is 42.8 Å². The van der Waals surface area contributed by atoms with Crippen LogP contribution in [0, 0.1) is 5.92 Å². The average Bonchev–Trinajstić information content (AvgIpc) is 3.06. The molecule has 1 aromatic carbocycles. The minimum Gasteiger partial charge on any atom is -0.454 e. The molecule has 1 saturated heterocycles. The van der Waals surface area contributed by atoms with Crippen LogP contribution in [0.4, 0.5) is 0 Å². The lowest BCUT2D eigenvalue weighted by molar-refractivity contribution is -0.121. The number of hydrogen-bond acceptors (Lipinski definition) is 4. The van der Waals surface area contributed by atoms with Crippen LogP contribution in [0.1, 0.15) is 45.6 Å². The summed E-state index contributed by atoms with van der Waals surface area (Å²) in [6.45, 7) is 9.99. The van der Waals surface area contributed by atoms with E-state index in [1.54, 1.807) is 0 Å². The molecule has 1 amide bonds. The van der Waals surface area contributed by atoms with Crippen LogP contribution in [-0.2, 0) is 11.2 Å². The van der Waals surface area contributed by atoms with E-state index in [2.05, 4.69) is 31.0 Å². The Hall–Kier alpha value is -1.75. The third-order valence-electron chi connectivity index (χ3n) is 5.31. The molecule has 0 aromatic heterocycles. The van der Waals surface area contributed by atoms with Gasteiger partial charge in [0.25, 0.3) is 0 Å². The highest BCUT2D eigenvalue weighted by Gasteiger charge is 2.30. The molecule has 5 nitrogen and oxygen atoms in total. The molecule has 1 unspecified atom stereocenters. The Kier molecular flexibility index (Phi) is 5.52. The SMILES string of the molecule is CC1CCCN(C(C)(C)CNC(=O)CCc2ccc3c(c2)OCO3)C1. The molecule has 3 rings (SSSR count). The first kappa shape index (κ1) is 18.1. The molecule has 2 aliphatic rings. The van der Waals surface area contributed by atoms with E-state index in [0.717, 1.165) is 36.1 Å². The average molecular weight is 346 g/mol. The van der Waals surface area contributed by atoms with E-state index in [4.69, 9.17) is 9.47 Å². The fourth-order valence-corrected chi connectivity index (χ4v) is 3.61. The van der Waals surface area contributed by atoms with Crippen molar-refractivity contribution < 1.29 is 14.3 Å². The number of likely N-dealkylation sites (tertiary alicyclic amines) is 1. The number of rotatable bonds is 6. The van der Waals surface area contributed by atoms with Gasteiger partial charge >= 0.3 is 0 Å². The molecule has 0 radical (unpaired) electrons. The van der Waals surface area contributed by atoms with Crippen LogP contribution in [0.5, 0.6) is 11.5 Å². The van der Waals surface area contributed by atoms with Crippen LogP contribution < -0.4 is 14.8 Å². The number of piperidine rings is 1. The van der Waals surface area contributed by atoms with Crippen molar-refractivity contribution in [3.8, 4) is 11.5 Å². The first-order valence-corrected chi connectivity index (χ1v) is 9.34.